The summed E-state index contributed by atoms with van der Waals surface area (Å²) >= 11 is 5.94. The van der Waals surface area contributed by atoms with Gasteiger partial charge < -0.3 is 25.6 Å². The Kier molecular flexibility index (Phi) is 3.25. The molecule has 8 nitrogen and oxygen atoms in total. The molecule has 0 aliphatic heterocycles. The van der Waals surface area contributed by atoms with Gasteiger partial charge >= 0.3 is 0 Å². The van der Waals surface area contributed by atoms with E-state index in [9.17, 15) is 15.3 Å². The molecule has 1 aliphatic rings. The Balaban J connectivity index is 2.07. The van der Waals surface area contributed by atoms with E-state index in [1.54, 1.807) is 4.57 Å². The van der Waals surface area contributed by atoms with Crippen molar-refractivity contribution in [1.82, 2.24) is 19.5 Å². The highest BCUT2D eigenvalue weighted by molar-refractivity contribution is 6.33. The first kappa shape index (κ1) is 13.5. The molecule has 108 valence electrons. The molecule has 0 amide bonds. The first-order chi connectivity index (χ1) is 9.52. The summed E-state index contributed by atoms with van der Waals surface area (Å²) in [5.41, 5.74) is 6.35. The molecular weight excluding hydrogens is 286 g/mol. The zero-order chi connectivity index (χ0) is 14.4. The summed E-state index contributed by atoms with van der Waals surface area (Å²) < 4.78 is 1.61. The van der Waals surface area contributed by atoms with Crippen LogP contribution in [0.5, 0.6) is 0 Å². The molecule has 20 heavy (non-hydrogen) atoms. The molecular formula is C11H14ClN5O3. The third-order valence-corrected chi connectivity index (χ3v) is 4.02. The number of fused-ring (bicyclic) bond motifs is 1. The van der Waals surface area contributed by atoms with Gasteiger partial charge in [0.1, 0.15) is 11.6 Å². The van der Waals surface area contributed by atoms with Crippen LogP contribution in [0.1, 0.15) is 12.5 Å². The van der Waals surface area contributed by atoms with Gasteiger partial charge in [-0.05, 0) is 6.42 Å². The Morgan fingerprint density at radius 3 is 2.75 bits per heavy atom. The first-order valence-electron chi connectivity index (χ1n) is 6.15. The van der Waals surface area contributed by atoms with Crippen molar-refractivity contribution in [2.45, 2.75) is 24.7 Å². The quantitative estimate of drug-likeness (QED) is 0.541. The normalized spacial score (nSPS) is 30.2. The van der Waals surface area contributed by atoms with Crippen molar-refractivity contribution in [3.63, 3.8) is 0 Å². The Hall–Kier alpha value is -1.48. The Morgan fingerprint density at radius 1 is 1.35 bits per heavy atom. The molecule has 0 bridgehead atoms. The van der Waals surface area contributed by atoms with Gasteiger partial charge in [-0.15, -0.1) is 0 Å². The molecule has 9 heteroatoms. The number of nitrogens with zero attached hydrogens (tertiary/aromatic N) is 4. The summed E-state index contributed by atoms with van der Waals surface area (Å²) in [6, 6.07) is -0.447. The SMILES string of the molecule is Nc1nc(Cl)c2ncn([C@H]3C[C@@H](CO)[C@@H](O)[C@@H]3O)c2n1. The van der Waals surface area contributed by atoms with Crippen LogP contribution in [0.25, 0.3) is 11.2 Å². The largest absolute Gasteiger partial charge is 0.396 e. The first-order valence-corrected chi connectivity index (χ1v) is 6.53. The van der Waals surface area contributed by atoms with Gasteiger partial charge in [0, 0.05) is 12.5 Å². The minimum atomic E-state index is -1.01. The lowest BCUT2D eigenvalue weighted by Crippen LogP contribution is -2.30. The van der Waals surface area contributed by atoms with Crippen LogP contribution in [-0.2, 0) is 0 Å². The van der Waals surface area contributed by atoms with Gasteiger partial charge in [0.05, 0.1) is 18.5 Å². The molecule has 1 fully saturated rings. The fourth-order valence-electron chi connectivity index (χ4n) is 2.70. The number of aliphatic hydroxyl groups is 3. The van der Waals surface area contributed by atoms with Crippen LogP contribution in [0.3, 0.4) is 0 Å². The number of anilines is 1. The van der Waals surface area contributed by atoms with Crippen LogP contribution in [0.4, 0.5) is 5.95 Å². The van der Waals surface area contributed by atoms with E-state index in [4.69, 9.17) is 17.3 Å². The van der Waals surface area contributed by atoms with E-state index in [1.165, 1.54) is 6.33 Å². The molecule has 0 aromatic carbocycles. The highest BCUT2D eigenvalue weighted by Crippen LogP contribution is 2.37. The average molecular weight is 300 g/mol. The van der Waals surface area contributed by atoms with Gasteiger partial charge in [0.2, 0.25) is 5.95 Å². The van der Waals surface area contributed by atoms with Gasteiger partial charge in [-0.1, -0.05) is 11.6 Å². The highest BCUT2D eigenvalue weighted by atomic mass is 35.5. The fraction of sp³-hybridized carbons (Fsp3) is 0.545. The second kappa shape index (κ2) is 4.81. The second-order valence-corrected chi connectivity index (χ2v) is 5.28. The monoisotopic (exact) mass is 299 g/mol. The summed E-state index contributed by atoms with van der Waals surface area (Å²) in [6.07, 6.45) is -0.117. The summed E-state index contributed by atoms with van der Waals surface area (Å²) in [4.78, 5) is 12.0. The third kappa shape index (κ3) is 1.92. The summed E-state index contributed by atoms with van der Waals surface area (Å²) in [6.45, 7) is -0.195. The van der Waals surface area contributed by atoms with E-state index in [0.29, 0.717) is 17.6 Å². The Labute approximate surface area is 118 Å². The lowest BCUT2D eigenvalue weighted by Gasteiger charge is -2.18. The summed E-state index contributed by atoms with van der Waals surface area (Å²) in [7, 11) is 0. The van der Waals surface area contributed by atoms with Crippen molar-refractivity contribution in [2.75, 3.05) is 12.3 Å². The Bertz CT molecular complexity index is 648. The molecule has 1 aliphatic carbocycles. The van der Waals surface area contributed by atoms with Gasteiger partial charge in [-0.3, -0.25) is 0 Å². The van der Waals surface area contributed by atoms with Crippen LogP contribution in [-0.4, -0.2) is 53.7 Å². The molecule has 2 aromatic heterocycles. The Morgan fingerprint density at radius 2 is 2.10 bits per heavy atom. The zero-order valence-electron chi connectivity index (χ0n) is 10.4. The number of hydrogen-bond acceptors (Lipinski definition) is 7. The smallest absolute Gasteiger partial charge is 0.223 e. The number of halogens is 1. The summed E-state index contributed by atoms with van der Waals surface area (Å²) in [5.74, 6) is -0.377. The molecule has 0 unspecified atom stereocenters. The van der Waals surface area contributed by atoms with Crippen LogP contribution in [0, 0.1) is 5.92 Å². The number of aromatic nitrogens is 4. The number of nitrogen functional groups attached to an aromatic ring is 1. The molecule has 4 atom stereocenters. The fourth-order valence-corrected chi connectivity index (χ4v) is 2.92. The molecule has 5 N–H and O–H groups in total. The second-order valence-electron chi connectivity index (χ2n) is 4.92. The molecule has 2 aromatic rings. The molecule has 1 saturated carbocycles. The van der Waals surface area contributed by atoms with Crippen molar-refractivity contribution in [3.8, 4) is 0 Å². The van der Waals surface area contributed by atoms with E-state index < -0.39 is 18.2 Å². The zero-order valence-corrected chi connectivity index (χ0v) is 11.1. The predicted molar refractivity (Wildman–Crippen MR) is 71.0 cm³/mol. The lowest BCUT2D eigenvalue weighted by atomic mass is 10.1. The number of rotatable bonds is 2. The molecule has 3 rings (SSSR count). The molecule has 0 saturated heterocycles. The topological polar surface area (TPSA) is 130 Å². The molecule has 0 spiro atoms. The summed E-state index contributed by atoms with van der Waals surface area (Å²) in [5, 5.41) is 29.3. The lowest BCUT2D eigenvalue weighted by molar-refractivity contribution is -0.00370. The van der Waals surface area contributed by atoms with Crippen LogP contribution in [0.15, 0.2) is 6.33 Å². The van der Waals surface area contributed by atoms with E-state index in [2.05, 4.69) is 15.0 Å². The van der Waals surface area contributed by atoms with E-state index in [0.717, 1.165) is 0 Å². The van der Waals surface area contributed by atoms with E-state index in [1.807, 2.05) is 0 Å². The van der Waals surface area contributed by atoms with Gasteiger partial charge in [0.25, 0.3) is 0 Å². The minimum Gasteiger partial charge on any atom is -0.396 e. The van der Waals surface area contributed by atoms with Gasteiger partial charge in [0.15, 0.2) is 10.8 Å². The maximum absolute atomic E-state index is 10.1. The van der Waals surface area contributed by atoms with Gasteiger partial charge in [-0.25, -0.2) is 4.98 Å². The number of aliphatic hydroxyl groups excluding tert-OH is 3. The highest BCUT2D eigenvalue weighted by Gasteiger charge is 2.42. The van der Waals surface area contributed by atoms with Crippen molar-refractivity contribution in [2.24, 2.45) is 5.92 Å². The van der Waals surface area contributed by atoms with Crippen LogP contribution >= 0.6 is 11.6 Å². The van der Waals surface area contributed by atoms with E-state index >= 15 is 0 Å². The van der Waals surface area contributed by atoms with Crippen molar-refractivity contribution in [3.05, 3.63) is 11.5 Å². The van der Waals surface area contributed by atoms with Crippen molar-refractivity contribution >= 4 is 28.7 Å². The standard InChI is InChI=1S/C11H14ClN5O3/c12-9-6-10(16-11(13)15-9)17(3-14-6)5-1-4(2-18)7(19)8(5)20/h3-5,7-8,18-20H,1-2H2,(H2,13,15,16)/t4-,5-,7+,8+/m0/s1. The molecule has 0 radical (unpaired) electrons. The predicted octanol–water partition coefficient (Wildman–Crippen LogP) is -0.663. The van der Waals surface area contributed by atoms with Crippen molar-refractivity contribution < 1.29 is 15.3 Å². The number of nitrogens with two attached hydrogens (primary N) is 1. The maximum atomic E-state index is 10.1. The number of imidazole rings is 1. The van der Waals surface area contributed by atoms with Gasteiger partial charge in [-0.2, -0.15) is 9.97 Å². The average Bonchev–Trinajstić information content (AvgIpc) is 2.93. The molecule has 2 heterocycles. The van der Waals surface area contributed by atoms with Crippen LogP contribution < -0.4 is 5.73 Å². The van der Waals surface area contributed by atoms with E-state index in [-0.39, 0.29) is 23.6 Å². The minimum absolute atomic E-state index is 0.0102. The maximum Gasteiger partial charge on any atom is 0.223 e. The van der Waals surface area contributed by atoms with Crippen LogP contribution in [0.2, 0.25) is 5.15 Å². The number of hydrogen-bond donors (Lipinski definition) is 4. The third-order valence-electron chi connectivity index (χ3n) is 3.76. The van der Waals surface area contributed by atoms with Crippen molar-refractivity contribution in [1.29, 1.82) is 0 Å².